The molecule has 1 saturated heterocycles. The number of benzene rings is 3. The van der Waals surface area contributed by atoms with E-state index < -0.39 is 11.8 Å². The van der Waals surface area contributed by atoms with E-state index in [1.165, 1.54) is 6.07 Å². The SMILES string of the molecule is Cc1ccc(F)c(NC(=O)Nc2ccc(-c3ccc(OCCN4CCOCC4)c4[nH]nc(N)c34)cc2)c1. The number of nitrogens with two attached hydrogens (primary N) is 1. The summed E-state index contributed by atoms with van der Waals surface area (Å²) in [5.41, 5.74) is 10.3. The molecule has 0 saturated carbocycles. The van der Waals surface area contributed by atoms with Crippen molar-refractivity contribution >= 4 is 34.1 Å². The lowest BCUT2D eigenvalue weighted by molar-refractivity contribution is 0.0323. The Kier molecular flexibility index (Phi) is 7.20. The van der Waals surface area contributed by atoms with E-state index in [4.69, 9.17) is 15.2 Å². The molecule has 0 aliphatic carbocycles. The first-order valence-electron chi connectivity index (χ1n) is 12.1. The number of nitrogen functional groups attached to an aromatic ring is 1. The molecule has 3 aromatic carbocycles. The van der Waals surface area contributed by atoms with Crippen molar-refractivity contribution in [3.05, 3.63) is 66.0 Å². The third-order valence-corrected chi connectivity index (χ3v) is 6.30. The predicted molar refractivity (Wildman–Crippen MR) is 142 cm³/mol. The maximum atomic E-state index is 13.9. The molecule has 0 bridgehead atoms. The van der Waals surface area contributed by atoms with Gasteiger partial charge in [-0.1, -0.05) is 18.2 Å². The van der Waals surface area contributed by atoms with Crippen LogP contribution in [0, 0.1) is 12.7 Å². The molecule has 2 heterocycles. The summed E-state index contributed by atoms with van der Waals surface area (Å²) < 4.78 is 25.4. The lowest BCUT2D eigenvalue weighted by atomic mass is 10.0. The largest absolute Gasteiger partial charge is 0.490 e. The molecule has 1 fully saturated rings. The van der Waals surface area contributed by atoms with Crippen molar-refractivity contribution in [1.82, 2.24) is 15.1 Å². The van der Waals surface area contributed by atoms with Gasteiger partial charge < -0.3 is 25.8 Å². The number of fused-ring (bicyclic) bond motifs is 1. The molecule has 0 atom stereocenters. The second-order valence-corrected chi connectivity index (χ2v) is 8.91. The van der Waals surface area contributed by atoms with Crippen molar-refractivity contribution in [1.29, 1.82) is 0 Å². The summed E-state index contributed by atoms with van der Waals surface area (Å²) in [5, 5.41) is 13.2. The third-order valence-electron chi connectivity index (χ3n) is 6.30. The number of hydrogen-bond acceptors (Lipinski definition) is 6. The van der Waals surface area contributed by atoms with Gasteiger partial charge in [-0.15, -0.1) is 0 Å². The Hall–Kier alpha value is -4.15. The Morgan fingerprint density at radius 1 is 1.14 bits per heavy atom. The zero-order valence-corrected chi connectivity index (χ0v) is 20.5. The van der Waals surface area contributed by atoms with Crippen molar-refractivity contribution in [3.8, 4) is 16.9 Å². The molecule has 9 nitrogen and oxygen atoms in total. The Morgan fingerprint density at radius 3 is 2.70 bits per heavy atom. The van der Waals surface area contributed by atoms with E-state index in [1.807, 2.05) is 31.2 Å². The fraction of sp³-hybridized carbons (Fsp3) is 0.259. The van der Waals surface area contributed by atoms with Gasteiger partial charge >= 0.3 is 6.03 Å². The highest BCUT2D eigenvalue weighted by atomic mass is 19.1. The number of anilines is 3. The number of carbonyl (C=O) groups is 1. The number of carbonyl (C=O) groups excluding carboxylic acids is 1. The molecule has 0 spiro atoms. The summed E-state index contributed by atoms with van der Waals surface area (Å²) in [5.74, 6) is 0.575. The fourth-order valence-electron chi connectivity index (χ4n) is 4.36. The standard InChI is InChI=1S/C27H29FN6O3/c1-17-2-8-21(28)22(16-17)31-27(35)30-19-5-3-18(4-6-19)20-7-9-23(25-24(20)26(29)33-32-25)37-15-12-34-10-13-36-14-11-34/h2-9,16H,10-15H2,1H3,(H3,29,32,33)(H2,30,31,35). The topological polar surface area (TPSA) is 118 Å². The number of nitrogens with one attached hydrogen (secondary N) is 3. The van der Waals surface area contributed by atoms with Crippen LogP contribution < -0.4 is 21.1 Å². The smallest absolute Gasteiger partial charge is 0.323 e. The van der Waals surface area contributed by atoms with Crippen molar-refractivity contribution in [2.45, 2.75) is 6.92 Å². The molecule has 2 amide bonds. The van der Waals surface area contributed by atoms with Crippen LogP contribution in [0.2, 0.25) is 0 Å². The average Bonchev–Trinajstić information content (AvgIpc) is 3.29. The number of hydrogen-bond donors (Lipinski definition) is 4. The molecule has 1 aliphatic rings. The van der Waals surface area contributed by atoms with Gasteiger partial charge in [0.15, 0.2) is 5.82 Å². The van der Waals surface area contributed by atoms with Crippen LogP contribution in [0.1, 0.15) is 5.56 Å². The maximum absolute atomic E-state index is 13.9. The van der Waals surface area contributed by atoms with E-state index in [0.717, 1.165) is 60.4 Å². The number of halogens is 1. The molecule has 0 unspecified atom stereocenters. The second kappa shape index (κ2) is 10.9. The number of amides is 2. The Morgan fingerprint density at radius 2 is 1.92 bits per heavy atom. The number of aromatic nitrogens is 2. The number of rotatable bonds is 7. The summed E-state index contributed by atoms with van der Waals surface area (Å²) in [6.45, 7) is 6.50. The monoisotopic (exact) mass is 504 g/mol. The van der Waals surface area contributed by atoms with Gasteiger partial charge in [-0.3, -0.25) is 10.00 Å². The molecular formula is C27H29FN6O3. The fourth-order valence-corrected chi connectivity index (χ4v) is 4.36. The van der Waals surface area contributed by atoms with Crippen LogP contribution in [0.5, 0.6) is 5.75 Å². The highest BCUT2D eigenvalue weighted by Crippen LogP contribution is 2.36. The molecule has 1 aliphatic heterocycles. The summed E-state index contributed by atoms with van der Waals surface area (Å²) in [6.07, 6.45) is 0. The first-order chi connectivity index (χ1) is 18.0. The van der Waals surface area contributed by atoms with Gasteiger partial charge in [0.1, 0.15) is 23.7 Å². The lowest BCUT2D eigenvalue weighted by Crippen LogP contribution is -2.38. The highest BCUT2D eigenvalue weighted by molar-refractivity contribution is 6.04. The molecular weight excluding hydrogens is 475 g/mol. The van der Waals surface area contributed by atoms with E-state index in [0.29, 0.717) is 23.9 Å². The first kappa shape index (κ1) is 24.5. The number of aryl methyl sites for hydroxylation is 1. The van der Waals surface area contributed by atoms with E-state index >= 15 is 0 Å². The number of ether oxygens (including phenoxy) is 2. The van der Waals surface area contributed by atoms with Gasteiger partial charge in [-0.25, -0.2) is 9.18 Å². The van der Waals surface area contributed by atoms with Crippen LogP contribution in [0.3, 0.4) is 0 Å². The highest BCUT2D eigenvalue weighted by Gasteiger charge is 2.16. The Labute approximate surface area is 213 Å². The zero-order valence-electron chi connectivity index (χ0n) is 20.5. The van der Waals surface area contributed by atoms with Crippen molar-refractivity contribution < 1.29 is 18.7 Å². The number of urea groups is 1. The molecule has 10 heteroatoms. The minimum Gasteiger partial charge on any atom is -0.490 e. The lowest BCUT2D eigenvalue weighted by Gasteiger charge is -2.26. The average molecular weight is 505 g/mol. The summed E-state index contributed by atoms with van der Waals surface area (Å²) in [7, 11) is 0. The Bertz CT molecular complexity index is 1400. The number of morpholine rings is 1. The van der Waals surface area contributed by atoms with Crippen LogP contribution in [-0.2, 0) is 4.74 Å². The quantitative estimate of drug-likeness (QED) is 0.292. The number of nitrogens with zero attached hydrogens (tertiary/aromatic N) is 2. The van der Waals surface area contributed by atoms with Gasteiger partial charge in [0.05, 0.1) is 24.3 Å². The minimum atomic E-state index is -0.530. The maximum Gasteiger partial charge on any atom is 0.323 e. The Balaban J connectivity index is 1.28. The summed E-state index contributed by atoms with van der Waals surface area (Å²) >= 11 is 0. The van der Waals surface area contributed by atoms with Crippen LogP contribution in [0.25, 0.3) is 22.0 Å². The van der Waals surface area contributed by atoms with Gasteiger partial charge in [-0.05, 0) is 60.0 Å². The van der Waals surface area contributed by atoms with E-state index in [-0.39, 0.29) is 5.69 Å². The van der Waals surface area contributed by atoms with E-state index in [2.05, 4.69) is 25.7 Å². The summed E-state index contributed by atoms with van der Waals surface area (Å²) in [6, 6.07) is 15.2. The normalized spacial score (nSPS) is 14.0. The van der Waals surface area contributed by atoms with Crippen molar-refractivity contribution in [2.75, 3.05) is 55.8 Å². The van der Waals surface area contributed by atoms with Crippen LogP contribution in [0.4, 0.5) is 26.4 Å². The van der Waals surface area contributed by atoms with Crippen LogP contribution in [0.15, 0.2) is 54.6 Å². The van der Waals surface area contributed by atoms with Crippen LogP contribution in [-0.4, -0.2) is 60.6 Å². The van der Waals surface area contributed by atoms with Gasteiger partial charge in [0.25, 0.3) is 0 Å². The molecule has 4 aromatic rings. The molecule has 5 rings (SSSR count). The zero-order chi connectivity index (χ0) is 25.8. The van der Waals surface area contributed by atoms with Gasteiger partial charge in [0, 0.05) is 25.3 Å². The molecule has 5 N–H and O–H groups in total. The van der Waals surface area contributed by atoms with E-state index in [1.54, 1.807) is 24.3 Å². The predicted octanol–water partition coefficient (Wildman–Crippen LogP) is 4.61. The molecule has 0 radical (unpaired) electrons. The number of aromatic amines is 1. The molecule has 1 aromatic heterocycles. The second-order valence-electron chi connectivity index (χ2n) is 8.91. The van der Waals surface area contributed by atoms with Gasteiger partial charge in [0.2, 0.25) is 0 Å². The van der Waals surface area contributed by atoms with Gasteiger partial charge in [-0.2, -0.15) is 5.10 Å². The van der Waals surface area contributed by atoms with E-state index in [9.17, 15) is 9.18 Å². The first-order valence-corrected chi connectivity index (χ1v) is 12.1. The molecule has 37 heavy (non-hydrogen) atoms. The van der Waals surface area contributed by atoms with Crippen LogP contribution >= 0.6 is 0 Å². The van der Waals surface area contributed by atoms with Crippen molar-refractivity contribution in [2.24, 2.45) is 0 Å². The number of H-pyrrole nitrogens is 1. The third kappa shape index (κ3) is 5.65. The van der Waals surface area contributed by atoms with Crippen molar-refractivity contribution in [3.63, 3.8) is 0 Å². The molecule has 192 valence electrons. The minimum absolute atomic E-state index is 0.124. The summed E-state index contributed by atoms with van der Waals surface area (Å²) in [4.78, 5) is 14.7.